The Morgan fingerprint density at radius 3 is 2.94 bits per heavy atom. The topological polar surface area (TPSA) is 57.8 Å². The number of rotatable bonds is 2. The molecule has 3 rings (SSSR count). The maximum absolute atomic E-state index is 11.3. The second-order valence-electron chi connectivity index (χ2n) is 5.14. The van der Waals surface area contributed by atoms with Gasteiger partial charge in [0, 0.05) is 12.1 Å². The van der Waals surface area contributed by atoms with Crippen LogP contribution in [0.3, 0.4) is 0 Å². The van der Waals surface area contributed by atoms with Crippen molar-refractivity contribution in [2.45, 2.75) is 38.6 Å². The summed E-state index contributed by atoms with van der Waals surface area (Å²) < 4.78 is 0. The lowest BCUT2D eigenvalue weighted by atomic mass is 9.95. The zero-order valence-corrected chi connectivity index (χ0v) is 9.49. The van der Waals surface area contributed by atoms with Gasteiger partial charge in [0.1, 0.15) is 11.6 Å². The molecule has 86 valence electrons. The quantitative estimate of drug-likeness (QED) is 0.795. The van der Waals surface area contributed by atoms with E-state index in [9.17, 15) is 4.79 Å². The van der Waals surface area contributed by atoms with Crippen LogP contribution in [0.15, 0.2) is 10.9 Å². The van der Waals surface area contributed by atoms with Crippen LogP contribution in [0.1, 0.15) is 31.5 Å². The van der Waals surface area contributed by atoms with Crippen LogP contribution in [0.25, 0.3) is 0 Å². The van der Waals surface area contributed by atoms with Crippen molar-refractivity contribution in [1.29, 1.82) is 0 Å². The van der Waals surface area contributed by atoms with Gasteiger partial charge >= 0.3 is 0 Å². The highest BCUT2D eigenvalue weighted by molar-refractivity contribution is 5.35. The molecule has 1 aromatic rings. The molecule has 0 amide bonds. The Hall–Kier alpha value is -1.32. The molecule has 2 saturated carbocycles. The highest BCUT2D eigenvalue weighted by Gasteiger charge is 2.39. The molecule has 1 heterocycles. The summed E-state index contributed by atoms with van der Waals surface area (Å²) in [6.07, 6.45) is 5.34. The molecule has 16 heavy (non-hydrogen) atoms. The van der Waals surface area contributed by atoms with Crippen LogP contribution in [0, 0.1) is 18.8 Å². The highest BCUT2D eigenvalue weighted by atomic mass is 16.1. The molecular formula is C12H17N3O. The van der Waals surface area contributed by atoms with E-state index in [-0.39, 0.29) is 5.56 Å². The van der Waals surface area contributed by atoms with Crippen molar-refractivity contribution in [1.82, 2.24) is 9.97 Å². The predicted octanol–water partition coefficient (Wildman–Crippen LogP) is 1.68. The molecule has 2 N–H and O–H groups in total. The second-order valence-corrected chi connectivity index (χ2v) is 5.14. The van der Waals surface area contributed by atoms with Gasteiger partial charge in [-0.1, -0.05) is 6.42 Å². The number of nitrogens with one attached hydrogen (secondary N) is 2. The molecule has 0 radical (unpaired) electrons. The zero-order chi connectivity index (χ0) is 11.1. The number of fused-ring (bicyclic) bond motifs is 2. The number of hydrogen-bond donors (Lipinski definition) is 2. The van der Waals surface area contributed by atoms with Crippen LogP contribution in [0.5, 0.6) is 0 Å². The largest absolute Gasteiger partial charge is 0.367 e. The number of hydrogen-bond acceptors (Lipinski definition) is 3. The lowest BCUT2D eigenvalue weighted by molar-refractivity contribution is 0.439. The molecule has 0 spiro atoms. The van der Waals surface area contributed by atoms with Crippen LogP contribution < -0.4 is 10.9 Å². The summed E-state index contributed by atoms with van der Waals surface area (Å²) >= 11 is 0. The van der Waals surface area contributed by atoms with Crippen molar-refractivity contribution in [2.24, 2.45) is 11.8 Å². The average molecular weight is 219 g/mol. The van der Waals surface area contributed by atoms with E-state index in [0.29, 0.717) is 11.9 Å². The van der Waals surface area contributed by atoms with Crippen LogP contribution in [0.2, 0.25) is 0 Å². The van der Waals surface area contributed by atoms with Crippen molar-refractivity contribution in [3.63, 3.8) is 0 Å². The van der Waals surface area contributed by atoms with Crippen molar-refractivity contribution >= 4 is 5.82 Å². The van der Waals surface area contributed by atoms with E-state index in [2.05, 4.69) is 15.3 Å². The first-order valence-corrected chi connectivity index (χ1v) is 6.05. The van der Waals surface area contributed by atoms with Crippen molar-refractivity contribution < 1.29 is 0 Å². The second kappa shape index (κ2) is 3.61. The Kier molecular flexibility index (Phi) is 2.23. The van der Waals surface area contributed by atoms with Gasteiger partial charge in [-0.3, -0.25) is 4.79 Å². The van der Waals surface area contributed by atoms with Gasteiger partial charge in [-0.25, -0.2) is 4.98 Å². The summed E-state index contributed by atoms with van der Waals surface area (Å²) in [6.45, 7) is 1.81. The number of aromatic nitrogens is 2. The number of anilines is 1. The third kappa shape index (κ3) is 1.72. The molecule has 0 aliphatic heterocycles. The Morgan fingerprint density at radius 1 is 1.44 bits per heavy atom. The molecule has 3 atom stereocenters. The monoisotopic (exact) mass is 219 g/mol. The number of H-pyrrole nitrogens is 1. The normalized spacial score (nSPS) is 31.9. The molecule has 0 saturated heterocycles. The van der Waals surface area contributed by atoms with E-state index in [1.54, 1.807) is 6.07 Å². The Bertz CT molecular complexity index is 454. The Balaban J connectivity index is 1.77. The number of aryl methyl sites for hydroxylation is 1. The molecule has 3 unspecified atom stereocenters. The van der Waals surface area contributed by atoms with Crippen LogP contribution in [-0.4, -0.2) is 16.0 Å². The minimum atomic E-state index is -0.0712. The van der Waals surface area contributed by atoms with Gasteiger partial charge in [0.2, 0.25) is 0 Å². The number of nitrogens with zero attached hydrogens (tertiary/aromatic N) is 1. The van der Waals surface area contributed by atoms with Gasteiger partial charge < -0.3 is 10.3 Å². The molecule has 2 aliphatic carbocycles. The van der Waals surface area contributed by atoms with Crippen molar-refractivity contribution in [2.75, 3.05) is 5.32 Å². The smallest absolute Gasteiger partial charge is 0.252 e. The summed E-state index contributed by atoms with van der Waals surface area (Å²) in [7, 11) is 0. The van der Waals surface area contributed by atoms with E-state index in [4.69, 9.17) is 0 Å². The van der Waals surface area contributed by atoms with Gasteiger partial charge in [-0.2, -0.15) is 0 Å². The van der Waals surface area contributed by atoms with Crippen LogP contribution in [-0.2, 0) is 0 Å². The van der Waals surface area contributed by atoms with Crippen molar-refractivity contribution in [3.8, 4) is 0 Å². The first-order valence-electron chi connectivity index (χ1n) is 6.05. The van der Waals surface area contributed by atoms with Gasteiger partial charge in [-0.05, 0) is 38.0 Å². The van der Waals surface area contributed by atoms with Gasteiger partial charge in [0.25, 0.3) is 5.56 Å². The fraction of sp³-hybridized carbons (Fsp3) is 0.667. The van der Waals surface area contributed by atoms with Crippen LogP contribution in [0.4, 0.5) is 5.82 Å². The first-order chi connectivity index (χ1) is 7.70. The molecule has 4 nitrogen and oxygen atoms in total. The summed E-state index contributed by atoms with van der Waals surface area (Å²) in [5.41, 5.74) is -0.0712. The zero-order valence-electron chi connectivity index (χ0n) is 9.49. The summed E-state index contributed by atoms with van der Waals surface area (Å²) in [5.74, 6) is 3.12. The fourth-order valence-corrected chi connectivity index (χ4v) is 3.26. The molecule has 2 fully saturated rings. The highest BCUT2D eigenvalue weighted by Crippen LogP contribution is 2.45. The molecule has 1 aromatic heterocycles. The predicted molar refractivity (Wildman–Crippen MR) is 62.5 cm³/mol. The van der Waals surface area contributed by atoms with Crippen molar-refractivity contribution in [3.05, 3.63) is 22.2 Å². The Morgan fingerprint density at radius 2 is 2.31 bits per heavy atom. The minimum absolute atomic E-state index is 0.0712. The standard InChI is InChI=1S/C12H17N3O/c1-7-13-11(6-12(16)14-7)15-10-5-8-2-3-9(10)4-8/h6,8-10H,2-5H2,1H3,(H2,13,14,15,16). The number of aromatic amines is 1. The Labute approximate surface area is 94.5 Å². The molecule has 2 bridgehead atoms. The van der Waals surface area contributed by atoms with Gasteiger partial charge in [-0.15, -0.1) is 0 Å². The average Bonchev–Trinajstić information content (AvgIpc) is 2.77. The van der Waals surface area contributed by atoms with Gasteiger partial charge in [0.15, 0.2) is 0 Å². The van der Waals surface area contributed by atoms with Gasteiger partial charge in [0.05, 0.1) is 0 Å². The minimum Gasteiger partial charge on any atom is -0.367 e. The van der Waals surface area contributed by atoms with E-state index >= 15 is 0 Å². The molecule has 0 aromatic carbocycles. The summed E-state index contributed by atoms with van der Waals surface area (Å²) in [6, 6.07) is 2.09. The van der Waals surface area contributed by atoms with E-state index in [1.165, 1.54) is 25.7 Å². The van der Waals surface area contributed by atoms with E-state index in [0.717, 1.165) is 17.7 Å². The first kappa shape index (κ1) is 9.87. The third-order valence-corrected chi connectivity index (χ3v) is 3.93. The van der Waals surface area contributed by atoms with E-state index in [1.807, 2.05) is 6.92 Å². The lowest BCUT2D eigenvalue weighted by Gasteiger charge is -2.23. The fourth-order valence-electron chi connectivity index (χ4n) is 3.26. The maximum atomic E-state index is 11.3. The maximum Gasteiger partial charge on any atom is 0.252 e. The molecule has 4 heteroatoms. The lowest BCUT2D eigenvalue weighted by Crippen LogP contribution is -2.27. The summed E-state index contributed by atoms with van der Waals surface area (Å²) in [5, 5.41) is 3.42. The molecular weight excluding hydrogens is 202 g/mol. The van der Waals surface area contributed by atoms with Crippen LogP contribution >= 0.6 is 0 Å². The summed E-state index contributed by atoms with van der Waals surface area (Å²) in [4.78, 5) is 18.3. The third-order valence-electron chi connectivity index (χ3n) is 3.93. The molecule has 2 aliphatic rings. The van der Waals surface area contributed by atoms with E-state index < -0.39 is 0 Å². The SMILES string of the molecule is Cc1nc(NC2CC3CCC2C3)cc(=O)[nH]1.